The molecule has 0 aliphatic carbocycles. The van der Waals surface area contributed by atoms with Crippen molar-refractivity contribution in [2.45, 2.75) is 25.4 Å². The molecule has 1 aliphatic rings. The zero-order chi connectivity index (χ0) is 13.1. The Balaban J connectivity index is 1.69. The molecular formula is C15H17N3O. The molecule has 0 bridgehead atoms. The molecule has 0 radical (unpaired) electrons. The topological polar surface area (TPSA) is 54.0 Å². The molecule has 2 heterocycles. The highest BCUT2D eigenvalue weighted by Crippen LogP contribution is 2.13. The zero-order valence-corrected chi connectivity index (χ0v) is 10.7. The van der Waals surface area contributed by atoms with Gasteiger partial charge in [-0.15, -0.1) is 0 Å². The number of pyridine rings is 1. The lowest BCUT2D eigenvalue weighted by Crippen LogP contribution is -2.47. The lowest BCUT2D eigenvalue weighted by Gasteiger charge is -2.22. The molecule has 1 aromatic heterocycles. The molecule has 1 atom stereocenters. The lowest BCUT2D eigenvalue weighted by atomic mass is 10.1. The molecule has 2 N–H and O–H groups in total. The van der Waals surface area contributed by atoms with E-state index in [1.807, 2.05) is 12.1 Å². The van der Waals surface area contributed by atoms with Crippen molar-refractivity contribution in [3.63, 3.8) is 0 Å². The van der Waals surface area contributed by atoms with Gasteiger partial charge in [0.25, 0.3) is 0 Å². The number of aromatic nitrogens is 1. The second-order valence-electron chi connectivity index (χ2n) is 4.90. The van der Waals surface area contributed by atoms with Crippen molar-refractivity contribution in [2.75, 3.05) is 6.54 Å². The highest BCUT2D eigenvalue weighted by Gasteiger charge is 2.20. The van der Waals surface area contributed by atoms with Gasteiger partial charge in [0.05, 0.1) is 11.6 Å². The molecule has 19 heavy (non-hydrogen) atoms. The molecule has 1 aliphatic heterocycles. The summed E-state index contributed by atoms with van der Waals surface area (Å²) >= 11 is 0. The average Bonchev–Trinajstić information content (AvgIpc) is 2.46. The number of benzene rings is 1. The number of carbonyl (C=O) groups is 1. The van der Waals surface area contributed by atoms with Crippen LogP contribution in [0.1, 0.15) is 18.4 Å². The van der Waals surface area contributed by atoms with E-state index in [4.69, 9.17) is 0 Å². The number of hydrogen-bond acceptors (Lipinski definition) is 3. The second-order valence-corrected chi connectivity index (χ2v) is 4.90. The number of amides is 1. The maximum atomic E-state index is 11.6. The Kier molecular flexibility index (Phi) is 3.42. The van der Waals surface area contributed by atoms with Crippen LogP contribution in [-0.4, -0.2) is 23.5 Å². The first-order valence-electron chi connectivity index (χ1n) is 6.68. The van der Waals surface area contributed by atoms with E-state index in [9.17, 15) is 4.79 Å². The maximum absolute atomic E-state index is 11.6. The first-order valence-corrected chi connectivity index (χ1v) is 6.68. The zero-order valence-electron chi connectivity index (χ0n) is 10.7. The van der Waals surface area contributed by atoms with Crippen molar-refractivity contribution in [1.29, 1.82) is 0 Å². The molecule has 1 saturated heterocycles. The van der Waals surface area contributed by atoms with Gasteiger partial charge in [0.2, 0.25) is 5.91 Å². The molecule has 4 heteroatoms. The summed E-state index contributed by atoms with van der Waals surface area (Å²) in [5.41, 5.74) is 2.18. The number of rotatable bonds is 3. The van der Waals surface area contributed by atoms with Crippen molar-refractivity contribution in [3.8, 4) is 0 Å². The smallest absolute Gasteiger partial charge is 0.237 e. The number of fused-ring (bicyclic) bond motifs is 1. The molecule has 1 fully saturated rings. The van der Waals surface area contributed by atoms with Gasteiger partial charge in [0.1, 0.15) is 0 Å². The van der Waals surface area contributed by atoms with Crippen LogP contribution in [0, 0.1) is 0 Å². The van der Waals surface area contributed by atoms with Gasteiger partial charge in [-0.2, -0.15) is 0 Å². The fourth-order valence-electron chi connectivity index (χ4n) is 2.44. The van der Waals surface area contributed by atoms with Crippen LogP contribution >= 0.6 is 0 Å². The van der Waals surface area contributed by atoms with Gasteiger partial charge in [-0.25, -0.2) is 0 Å². The average molecular weight is 255 g/mol. The van der Waals surface area contributed by atoms with Crippen molar-refractivity contribution < 1.29 is 4.79 Å². The normalized spacial score (nSPS) is 19.4. The highest BCUT2D eigenvalue weighted by molar-refractivity contribution is 5.82. The second kappa shape index (κ2) is 5.36. The van der Waals surface area contributed by atoms with Crippen LogP contribution in [-0.2, 0) is 11.3 Å². The van der Waals surface area contributed by atoms with E-state index in [2.05, 4.69) is 33.8 Å². The third-order valence-corrected chi connectivity index (χ3v) is 3.51. The van der Waals surface area contributed by atoms with Crippen LogP contribution in [0.5, 0.6) is 0 Å². The van der Waals surface area contributed by atoms with E-state index >= 15 is 0 Å². The quantitative estimate of drug-likeness (QED) is 0.876. The summed E-state index contributed by atoms with van der Waals surface area (Å²) in [5.74, 6) is 0.119. The van der Waals surface area contributed by atoms with Crippen LogP contribution in [0.15, 0.2) is 36.5 Å². The predicted octanol–water partition coefficient (Wildman–Crippen LogP) is 1.60. The number of nitrogens with zero attached hydrogens (tertiary/aromatic N) is 1. The molecule has 0 spiro atoms. The Morgan fingerprint density at radius 2 is 2.32 bits per heavy atom. The fourth-order valence-corrected chi connectivity index (χ4v) is 2.44. The van der Waals surface area contributed by atoms with Crippen LogP contribution < -0.4 is 10.6 Å². The molecule has 98 valence electrons. The van der Waals surface area contributed by atoms with Gasteiger partial charge in [0, 0.05) is 24.7 Å². The number of carbonyl (C=O) groups excluding carboxylic acids is 1. The summed E-state index contributed by atoms with van der Waals surface area (Å²) in [6.45, 7) is 1.52. The van der Waals surface area contributed by atoms with Gasteiger partial charge in [-0.3, -0.25) is 9.78 Å². The molecule has 1 amide bonds. The van der Waals surface area contributed by atoms with Crippen molar-refractivity contribution in [2.24, 2.45) is 0 Å². The summed E-state index contributed by atoms with van der Waals surface area (Å²) < 4.78 is 0. The first kappa shape index (κ1) is 12.1. The van der Waals surface area contributed by atoms with E-state index in [-0.39, 0.29) is 11.9 Å². The van der Waals surface area contributed by atoms with Gasteiger partial charge < -0.3 is 10.6 Å². The summed E-state index contributed by atoms with van der Waals surface area (Å²) in [7, 11) is 0. The number of nitrogens with one attached hydrogen (secondary N) is 2. The Morgan fingerprint density at radius 3 is 3.21 bits per heavy atom. The minimum atomic E-state index is -0.0571. The first-order chi connectivity index (χ1) is 9.33. The SMILES string of the molecule is O=C1NCCCC1NCc1ccc2ncccc2c1. The van der Waals surface area contributed by atoms with E-state index < -0.39 is 0 Å². The Bertz CT molecular complexity index is 597. The highest BCUT2D eigenvalue weighted by atomic mass is 16.2. The summed E-state index contributed by atoms with van der Waals surface area (Å²) in [5, 5.41) is 7.34. The monoisotopic (exact) mass is 255 g/mol. The van der Waals surface area contributed by atoms with E-state index in [0.29, 0.717) is 6.54 Å². The standard InChI is InChI=1S/C15H17N3O/c19-15-14(4-2-8-17-15)18-10-11-5-6-13-12(9-11)3-1-7-16-13/h1,3,5-7,9,14,18H,2,4,8,10H2,(H,17,19). The minimum absolute atomic E-state index is 0.0571. The van der Waals surface area contributed by atoms with Gasteiger partial charge in [-0.1, -0.05) is 12.1 Å². The molecule has 2 aromatic rings. The lowest BCUT2D eigenvalue weighted by molar-refractivity contribution is -0.124. The number of piperidine rings is 1. The van der Waals surface area contributed by atoms with Crippen LogP contribution in [0.3, 0.4) is 0 Å². The maximum Gasteiger partial charge on any atom is 0.237 e. The summed E-state index contributed by atoms with van der Waals surface area (Å²) in [6, 6.07) is 10.1. The largest absolute Gasteiger partial charge is 0.355 e. The fraction of sp³-hybridized carbons (Fsp3) is 0.333. The van der Waals surface area contributed by atoms with Crippen molar-refractivity contribution >= 4 is 16.8 Å². The third-order valence-electron chi connectivity index (χ3n) is 3.51. The van der Waals surface area contributed by atoms with Gasteiger partial charge >= 0.3 is 0 Å². The van der Waals surface area contributed by atoms with E-state index in [1.54, 1.807) is 6.20 Å². The molecule has 3 rings (SSSR count). The van der Waals surface area contributed by atoms with Crippen molar-refractivity contribution in [3.05, 3.63) is 42.1 Å². The molecule has 0 saturated carbocycles. The molecular weight excluding hydrogens is 238 g/mol. The summed E-state index contributed by atoms with van der Waals surface area (Å²) in [6.07, 6.45) is 3.76. The van der Waals surface area contributed by atoms with Gasteiger partial charge in [-0.05, 0) is 36.6 Å². The Labute approximate surface area is 112 Å². The van der Waals surface area contributed by atoms with Crippen LogP contribution in [0.4, 0.5) is 0 Å². The van der Waals surface area contributed by atoms with Crippen LogP contribution in [0.2, 0.25) is 0 Å². The molecule has 1 unspecified atom stereocenters. The van der Waals surface area contributed by atoms with E-state index in [0.717, 1.165) is 30.3 Å². The minimum Gasteiger partial charge on any atom is -0.355 e. The number of hydrogen-bond donors (Lipinski definition) is 2. The summed E-state index contributed by atoms with van der Waals surface area (Å²) in [4.78, 5) is 15.9. The molecule has 4 nitrogen and oxygen atoms in total. The van der Waals surface area contributed by atoms with Crippen LogP contribution in [0.25, 0.3) is 10.9 Å². The predicted molar refractivity (Wildman–Crippen MR) is 74.6 cm³/mol. The third kappa shape index (κ3) is 2.74. The Hall–Kier alpha value is -1.94. The van der Waals surface area contributed by atoms with E-state index in [1.165, 1.54) is 5.56 Å². The van der Waals surface area contributed by atoms with Crippen molar-refractivity contribution in [1.82, 2.24) is 15.6 Å². The Morgan fingerprint density at radius 1 is 1.37 bits per heavy atom. The molecule has 1 aromatic carbocycles. The van der Waals surface area contributed by atoms with Gasteiger partial charge in [0.15, 0.2) is 0 Å².